The molecule has 0 aromatic heterocycles. The summed E-state index contributed by atoms with van der Waals surface area (Å²) in [5.74, 6) is 1.12. The Kier molecular flexibility index (Phi) is 5.86. The van der Waals surface area contributed by atoms with Crippen molar-refractivity contribution >= 4 is 0 Å². The van der Waals surface area contributed by atoms with E-state index in [9.17, 15) is 0 Å². The lowest BCUT2D eigenvalue weighted by atomic mass is 10.1. The van der Waals surface area contributed by atoms with Gasteiger partial charge in [0.2, 0.25) is 0 Å². The minimum Gasteiger partial charge on any atom is -0.330 e. The van der Waals surface area contributed by atoms with Gasteiger partial charge in [0, 0.05) is 0 Å². The molecule has 0 aromatic carbocycles. The molecule has 11 heavy (non-hydrogen) atoms. The van der Waals surface area contributed by atoms with Crippen molar-refractivity contribution in [1.82, 2.24) is 0 Å². The van der Waals surface area contributed by atoms with Gasteiger partial charge in [-0.1, -0.05) is 45.1 Å². The summed E-state index contributed by atoms with van der Waals surface area (Å²) in [5.41, 5.74) is 5.44. The summed E-state index contributed by atoms with van der Waals surface area (Å²) in [6, 6.07) is 0. The molecule has 0 aromatic rings. The number of rotatable bonds is 4. The summed E-state index contributed by atoms with van der Waals surface area (Å²) in [7, 11) is 0. The predicted octanol–water partition coefficient (Wildman–Crippen LogP) is 2.35. The Hall–Kier alpha value is -0.560. The molecule has 64 valence electrons. The van der Waals surface area contributed by atoms with Crippen LogP contribution in [0.3, 0.4) is 0 Å². The van der Waals surface area contributed by atoms with E-state index < -0.39 is 0 Å². The Morgan fingerprint density at radius 2 is 1.64 bits per heavy atom. The van der Waals surface area contributed by atoms with Gasteiger partial charge in [-0.25, -0.2) is 0 Å². The van der Waals surface area contributed by atoms with Crippen LogP contribution in [0, 0.1) is 11.8 Å². The average molecular weight is 153 g/mol. The van der Waals surface area contributed by atoms with Crippen molar-refractivity contribution in [3.63, 3.8) is 0 Å². The molecule has 0 saturated carbocycles. The van der Waals surface area contributed by atoms with Crippen LogP contribution in [0.4, 0.5) is 0 Å². The number of nitrogens with two attached hydrogens (primary N) is 1. The molecule has 2 N–H and O–H groups in total. The quantitative estimate of drug-likeness (QED) is 0.616. The Morgan fingerprint density at radius 1 is 1.09 bits per heavy atom. The highest BCUT2D eigenvalue weighted by atomic mass is 14.5. The minimum absolute atomic E-state index is 0.492. The van der Waals surface area contributed by atoms with E-state index in [1.165, 1.54) is 0 Å². The second kappa shape index (κ2) is 6.17. The van der Waals surface area contributed by atoms with Crippen molar-refractivity contribution in [3.05, 3.63) is 24.3 Å². The SMILES string of the molecule is CC(C)/C=C/C=C/[C@H](C)CN. The first-order valence-electron chi connectivity index (χ1n) is 4.22. The zero-order chi connectivity index (χ0) is 8.69. The normalized spacial score (nSPS) is 15.4. The number of hydrogen-bond donors (Lipinski definition) is 1. The topological polar surface area (TPSA) is 26.0 Å². The maximum Gasteiger partial charge on any atom is -0.00167 e. The molecule has 0 unspecified atom stereocenters. The molecule has 0 saturated heterocycles. The highest BCUT2D eigenvalue weighted by molar-refractivity contribution is 5.04. The molecule has 0 aliphatic carbocycles. The molecule has 0 aliphatic rings. The lowest BCUT2D eigenvalue weighted by Crippen LogP contribution is -2.07. The lowest BCUT2D eigenvalue weighted by Gasteiger charge is -1.97. The molecule has 0 spiro atoms. The van der Waals surface area contributed by atoms with Crippen LogP contribution in [0.15, 0.2) is 24.3 Å². The Labute approximate surface area is 70.0 Å². The first-order valence-corrected chi connectivity index (χ1v) is 4.22. The van der Waals surface area contributed by atoms with Crippen LogP contribution in [0.1, 0.15) is 20.8 Å². The summed E-state index contributed by atoms with van der Waals surface area (Å²) in [6.07, 6.45) is 8.44. The molecule has 0 aliphatic heterocycles. The molecular weight excluding hydrogens is 134 g/mol. The van der Waals surface area contributed by atoms with Crippen LogP contribution in [-0.4, -0.2) is 6.54 Å². The molecule has 1 nitrogen and oxygen atoms in total. The Morgan fingerprint density at radius 3 is 2.09 bits per heavy atom. The van der Waals surface area contributed by atoms with E-state index in [0.29, 0.717) is 11.8 Å². The van der Waals surface area contributed by atoms with E-state index in [-0.39, 0.29) is 0 Å². The molecule has 0 heterocycles. The molecule has 0 bridgehead atoms. The molecule has 0 rings (SSSR count). The second-order valence-electron chi connectivity index (χ2n) is 3.23. The first kappa shape index (κ1) is 10.4. The summed E-state index contributed by atoms with van der Waals surface area (Å²) >= 11 is 0. The van der Waals surface area contributed by atoms with E-state index >= 15 is 0 Å². The summed E-state index contributed by atoms with van der Waals surface area (Å²) in [4.78, 5) is 0. The Balaban J connectivity index is 3.59. The van der Waals surface area contributed by atoms with Gasteiger partial charge in [-0.2, -0.15) is 0 Å². The highest BCUT2D eigenvalue weighted by Gasteiger charge is 1.87. The zero-order valence-electron chi connectivity index (χ0n) is 7.75. The van der Waals surface area contributed by atoms with Gasteiger partial charge in [0.15, 0.2) is 0 Å². The predicted molar refractivity (Wildman–Crippen MR) is 51.3 cm³/mol. The third kappa shape index (κ3) is 7.34. The van der Waals surface area contributed by atoms with Gasteiger partial charge < -0.3 is 5.73 Å². The molecule has 0 radical (unpaired) electrons. The fourth-order valence-corrected chi connectivity index (χ4v) is 0.619. The monoisotopic (exact) mass is 153 g/mol. The number of allylic oxidation sites excluding steroid dienone is 3. The van der Waals surface area contributed by atoms with Crippen LogP contribution in [-0.2, 0) is 0 Å². The van der Waals surface area contributed by atoms with Crippen molar-refractivity contribution in [3.8, 4) is 0 Å². The van der Waals surface area contributed by atoms with E-state index in [4.69, 9.17) is 5.73 Å². The average Bonchev–Trinajstić information content (AvgIpc) is 1.97. The van der Waals surface area contributed by atoms with Gasteiger partial charge >= 0.3 is 0 Å². The molecule has 0 fully saturated rings. The van der Waals surface area contributed by atoms with Gasteiger partial charge in [0.05, 0.1) is 0 Å². The van der Waals surface area contributed by atoms with E-state index in [0.717, 1.165) is 6.54 Å². The maximum absolute atomic E-state index is 5.44. The number of hydrogen-bond acceptors (Lipinski definition) is 1. The highest BCUT2D eigenvalue weighted by Crippen LogP contribution is 1.96. The van der Waals surface area contributed by atoms with Crippen LogP contribution in [0.25, 0.3) is 0 Å². The zero-order valence-corrected chi connectivity index (χ0v) is 7.75. The second-order valence-corrected chi connectivity index (χ2v) is 3.23. The molecule has 1 heteroatoms. The third-order valence-corrected chi connectivity index (χ3v) is 1.42. The molecule has 0 amide bonds. The van der Waals surface area contributed by atoms with Gasteiger partial charge in [-0.15, -0.1) is 0 Å². The van der Waals surface area contributed by atoms with E-state index in [2.05, 4.69) is 45.1 Å². The summed E-state index contributed by atoms with van der Waals surface area (Å²) < 4.78 is 0. The third-order valence-electron chi connectivity index (χ3n) is 1.42. The molecular formula is C10H19N. The van der Waals surface area contributed by atoms with Gasteiger partial charge in [-0.05, 0) is 18.4 Å². The van der Waals surface area contributed by atoms with Crippen LogP contribution in [0.2, 0.25) is 0 Å². The van der Waals surface area contributed by atoms with Crippen molar-refractivity contribution in [2.75, 3.05) is 6.54 Å². The smallest absolute Gasteiger partial charge is 0.00167 e. The van der Waals surface area contributed by atoms with Crippen LogP contribution in [0.5, 0.6) is 0 Å². The first-order chi connectivity index (χ1) is 5.16. The lowest BCUT2D eigenvalue weighted by molar-refractivity contribution is 0.740. The standard InChI is InChI=1S/C10H19N/c1-9(2)6-4-5-7-10(3)8-11/h4-7,9-10H,8,11H2,1-3H3/b6-4+,7-5+/t10-/m0/s1. The molecule has 1 atom stereocenters. The van der Waals surface area contributed by atoms with Crippen molar-refractivity contribution < 1.29 is 0 Å². The van der Waals surface area contributed by atoms with Gasteiger partial charge in [0.25, 0.3) is 0 Å². The van der Waals surface area contributed by atoms with Gasteiger partial charge in [0.1, 0.15) is 0 Å². The van der Waals surface area contributed by atoms with Crippen molar-refractivity contribution in [2.45, 2.75) is 20.8 Å². The fourth-order valence-electron chi connectivity index (χ4n) is 0.619. The van der Waals surface area contributed by atoms with E-state index in [1.807, 2.05) is 0 Å². The van der Waals surface area contributed by atoms with Crippen molar-refractivity contribution in [2.24, 2.45) is 17.6 Å². The Bertz CT molecular complexity index is 134. The van der Waals surface area contributed by atoms with Crippen LogP contribution >= 0.6 is 0 Å². The summed E-state index contributed by atoms with van der Waals surface area (Å²) in [6.45, 7) is 7.17. The minimum atomic E-state index is 0.492. The van der Waals surface area contributed by atoms with E-state index in [1.54, 1.807) is 0 Å². The summed E-state index contributed by atoms with van der Waals surface area (Å²) in [5, 5.41) is 0. The fraction of sp³-hybridized carbons (Fsp3) is 0.600. The van der Waals surface area contributed by atoms with Crippen LogP contribution < -0.4 is 5.73 Å². The van der Waals surface area contributed by atoms with Gasteiger partial charge in [-0.3, -0.25) is 0 Å². The maximum atomic E-state index is 5.44. The van der Waals surface area contributed by atoms with Crippen molar-refractivity contribution in [1.29, 1.82) is 0 Å². The largest absolute Gasteiger partial charge is 0.330 e.